The highest BCUT2D eigenvalue weighted by Gasteiger charge is 2.19. The van der Waals surface area contributed by atoms with Gasteiger partial charge in [-0.05, 0) is 40.5 Å². The van der Waals surface area contributed by atoms with Crippen molar-refractivity contribution in [3.05, 3.63) is 0 Å². The van der Waals surface area contributed by atoms with Gasteiger partial charge in [0.25, 0.3) is 0 Å². The van der Waals surface area contributed by atoms with Crippen molar-refractivity contribution in [2.75, 3.05) is 32.8 Å². The monoisotopic (exact) mass is 423 g/mol. The Bertz CT molecular complexity index is 400. The lowest BCUT2D eigenvalue weighted by Crippen LogP contribution is -2.48. The van der Waals surface area contributed by atoms with Gasteiger partial charge >= 0.3 is 0 Å². The van der Waals surface area contributed by atoms with Crippen LogP contribution in [-0.4, -0.2) is 50.2 Å². The second kappa shape index (κ2) is 20.1. The summed E-state index contributed by atoms with van der Waals surface area (Å²) >= 11 is 0. The van der Waals surface area contributed by atoms with Gasteiger partial charge in [-0.15, -0.1) is 0 Å². The maximum atomic E-state index is 9.45. The quantitative estimate of drug-likeness (QED) is 0.116. The fourth-order valence-electron chi connectivity index (χ4n) is 3.58. The molecule has 0 bridgehead atoms. The first-order chi connectivity index (χ1) is 13.3. The number of nitrogens with zero attached hydrogens (tertiary/aromatic N) is 1. The Kier molecular flexibility index (Phi) is 21.6. The van der Waals surface area contributed by atoms with Gasteiger partial charge in [-0.1, -0.05) is 71.1 Å². The summed E-state index contributed by atoms with van der Waals surface area (Å²) in [6, 6.07) is 0. The largest absolute Gasteiger partial charge is 0.726 e. The lowest BCUT2D eigenvalue weighted by atomic mass is 10.1. The second-order valence-corrected chi connectivity index (χ2v) is 8.77. The zero-order valence-corrected chi connectivity index (χ0v) is 20.3. The highest BCUT2D eigenvalue weighted by Crippen LogP contribution is 2.14. The minimum absolute atomic E-state index is 0.0914. The van der Waals surface area contributed by atoms with Crippen LogP contribution in [0.3, 0.4) is 0 Å². The van der Waals surface area contributed by atoms with E-state index >= 15 is 0 Å². The summed E-state index contributed by atoms with van der Waals surface area (Å²) in [6.07, 6.45) is 17.5. The van der Waals surface area contributed by atoms with E-state index in [1.807, 2.05) is 0 Å². The fraction of sp³-hybridized carbons (Fsp3) is 1.00. The molecule has 0 aromatic carbocycles. The third kappa shape index (κ3) is 20.6. The van der Waals surface area contributed by atoms with Gasteiger partial charge in [-0.2, -0.15) is 0 Å². The predicted octanol–water partition coefficient (Wildman–Crippen LogP) is 6.05. The molecule has 0 heterocycles. The predicted molar refractivity (Wildman–Crippen MR) is 119 cm³/mol. The van der Waals surface area contributed by atoms with E-state index < -0.39 is 10.4 Å². The molecule has 0 N–H and O–H groups in total. The summed E-state index contributed by atoms with van der Waals surface area (Å²) in [5.41, 5.74) is 0. The molecule has 0 unspecified atom stereocenters. The smallest absolute Gasteiger partial charge is 0.217 e. The van der Waals surface area contributed by atoms with Crippen molar-refractivity contribution >= 4 is 10.4 Å². The lowest BCUT2D eigenvalue weighted by Gasteiger charge is -2.35. The summed E-state index contributed by atoms with van der Waals surface area (Å²) in [4.78, 5) is 0. The molecule has 5 nitrogen and oxygen atoms in total. The van der Waals surface area contributed by atoms with Gasteiger partial charge in [-0.3, -0.25) is 4.18 Å². The summed E-state index contributed by atoms with van der Waals surface area (Å²) in [7, 11) is -4.42. The Hall–Kier alpha value is -0.170. The second-order valence-electron chi connectivity index (χ2n) is 7.72. The van der Waals surface area contributed by atoms with Crippen molar-refractivity contribution in [2.24, 2.45) is 0 Å². The molecule has 0 aromatic rings. The van der Waals surface area contributed by atoms with Gasteiger partial charge in [0.05, 0.1) is 32.8 Å². The van der Waals surface area contributed by atoms with E-state index in [9.17, 15) is 13.0 Å². The molecule has 0 saturated carbocycles. The molecule has 28 heavy (non-hydrogen) atoms. The molecule has 0 aliphatic heterocycles. The van der Waals surface area contributed by atoms with Crippen LogP contribution in [-0.2, 0) is 14.6 Å². The third-order valence-electron chi connectivity index (χ3n) is 5.76. The van der Waals surface area contributed by atoms with E-state index in [0.29, 0.717) is 0 Å². The van der Waals surface area contributed by atoms with Gasteiger partial charge in [0.2, 0.25) is 10.4 Å². The number of rotatable bonds is 18. The Labute approximate surface area is 176 Å². The van der Waals surface area contributed by atoms with Crippen molar-refractivity contribution < 1.29 is 21.6 Å². The van der Waals surface area contributed by atoms with Crippen molar-refractivity contribution in [1.29, 1.82) is 0 Å². The van der Waals surface area contributed by atoms with Crippen LogP contribution in [0.2, 0.25) is 0 Å². The van der Waals surface area contributed by atoms with Crippen LogP contribution in [0.25, 0.3) is 0 Å². The average Bonchev–Trinajstić information content (AvgIpc) is 2.66. The molecule has 0 atom stereocenters. The topological polar surface area (TPSA) is 66.4 Å². The Balaban J connectivity index is 0. The maximum absolute atomic E-state index is 9.45. The van der Waals surface area contributed by atoms with Crippen LogP contribution in [0.15, 0.2) is 0 Å². The van der Waals surface area contributed by atoms with Gasteiger partial charge in [0, 0.05) is 0 Å². The summed E-state index contributed by atoms with van der Waals surface area (Å²) < 4.78 is 33.3. The first-order valence-corrected chi connectivity index (χ1v) is 13.1. The van der Waals surface area contributed by atoms with Gasteiger partial charge < -0.3 is 9.04 Å². The van der Waals surface area contributed by atoms with Crippen LogP contribution in [0, 0.1) is 0 Å². The standard InChI is InChI=1S/C20H44N.C2H6O4S/c1-5-9-10-11-12-13-14-15-16-17-18-19-20-21(6-2,7-3)8-4;1-2-6-7(3,4)5/h5-20H2,1-4H3;2H2,1H3,(H,3,4,5)/q+1;/p-1. The molecule has 0 amide bonds. The summed E-state index contributed by atoms with van der Waals surface area (Å²) in [5, 5.41) is 0. The molecule has 0 aliphatic carbocycles. The minimum atomic E-state index is -4.42. The van der Waals surface area contributed by atoms with Crippen LogP contribution in [0.5, 0.6) is 0 Å². The van der Waals surface area contributed by atoms with Crippen molar-refractivity contribution in [1.82, 2.24) is 0 Å². The van der Waals surface area contributed by atoms with Crippen LogP contribution in [0.1, 0.15) is 112 Å². The number of quaternary nitrogens is 1. The van der Waals surface area contributed by atoms with Crippen LogP contribution >= 0.6 is 0 Å². The number of hydrogen-bond acceptors (Lipinski definition) is 4. The molecular formula is C22H49NO4S. The highest BCUT2D eigenvalue weighted by molar-refractivity contribution is 7.80. The molecule has 172 valence electrons. The fourth-order valence-corrected chi connectivity index (χ4v) is 3.87. The molecule has 0 aromatic heterocycles. The average molecular weight is 424 g/mol. The molecular weight excluding hydrogens is 374 g/mol. The number of unbranched alkanes of at least 4 members (excludes halogenated alkanes) is 11. The van der Waals surface area contributed by atoms with Crippen molar-refractivity contribution in [3.8, 4) is 0 Å². The molecule has 0 rings (SSSR count). The van der Waals surface area contributed by atoms with Gasteiger partial charge in [-0.25, -0.2) is 8.42 Å². The molecule has 0 spiro atoms. The Morgan fingerprint density at radius 1 is 0.643 bits per heavy atom. The molecule has 6 heteroatoms. The maximum Gasteiger partial charge on any atom is 0.217 e. The lowest BCUT2D eigenvalue weighted by molar-refractivity contribution is -0.923. The molecule has 0 saturated heterocycles. The van der Waals surface area contributed by atoms with E-state index in [-0.39, 0.29) is 6.61 Å². The number of hydrogen-bond donors (Lipinski definition) is 0. The third-order valence-corrected chi connectivity index (χ3v) is 6.29. The summed E-state index contributed by atoms with van der Waals surface area (Å²) in [5.74, 6) is 0. The normalized spacial score (nSPS) is 11.9. The Morgan fingerprint density at radius 2 is 1.00 bits per heavy atom. The van der Waals surface area contributed by atoms with E-state index in [1.165, 1.54) is 115 Å². The van der Waals surface area contributed by atoms with Gasteiger partial charge in [0.15, 0.2) is 0 Å². The SMILES string of the molecule is CCCCCCCCCCCCCC[N+](CC)(CC)CC.CCOS(=O)(=O)[O-]. The van der Waals surface area contributed by atoms with E-state index in [1.54, 1.807) is 0 Å². The highest BCUT2D eigenvalue weighted by atomic mass is 32.3. The molecule has 0 fully saturated rings. The van der Waals surface area contributed by atoms with Crippen molar-refractivity contribution in [2.45, 2.75) is 112 Å². The minimum Gasteiger partial charge on any atom is -0.726 e. The van der Waals surface area contributed by atoms with E-state index in [2.05, 4.69) is 31.9 Å². The first kappa shape index (κ1) is 30.0. The van der Waals surface area contributed by atoms with Crippen molar-refractivity contribution in [3.63, 3.8) is 0 Å². The van der Waals surface area contributed by atoms with Gasteiger partial charge in [0.1, 0.15) is 0 Å². The first-order valence-electron chi connectivity index (χ1n) is 11.8. The Morgan fingerprint density at radius 3 is 1.25 bits per heavy atom. The van der Waals surface area contributed by atoms with E-state index in [0.717, 1.165) is 0 Å². The van der Waals surface area contributed by atoms with Crippen LogP contribution in [0.4, 0.5) is 0 Å². The van der Waals surface area contributed by atoms with Crippen LogP contribution < -0.4 is 0 Å². The molecule has 0 radical (unpaired) electrons. The molecule has 0 aliphatic rings. The zero-order valence-electron chi connectivity index (χ0n) is 19.5. The zero-order chi connectivity index (χ0) is 21.7. The van der Waals surface area contributed by atoms with E-state index in [4.69, 9.17) is 0 Å². The summed E-state index contributed by atoms with van der Waals surface area (Å²) in [6.45, 7) is 16.0.